The fourth-order valence-electron chi connectivity index (χ4n) is 3.56. The minimum atomic E-state index is -0.330. The third kappa shape index (κ3) is 5.89. The highest BCUT2D eigenvalue weighted by molar-refractivity contribution is 7.98. The van der Waals surface area contributed by atoms with Crippen molar-refractivity contribution < 1.29 is 4.79 Å². The van der Waals surface area contributed by atoms with Crippen LogP contribution in [0.4, 0.5) is 5.69 Å². The number of nitrogens with one attached hydrogen (secondary N) is 1. The predicted molar refractivity (Wildman–Crippen MR) is 141 cm³/mol. The molecule has 0 atom stereocenters. The Morgan fingerprint density at radius 2 is 1.71 bits per heavy atom. The van der Waals surface area contributed by atoms with Crippen LogP contribution in [0.5, 0.6) is 0 Å². The molecule has 2 heterocycles. The number of aromatic nitrogens is 5. The number of carbonyl (C=O) groups is 1. The number of amides is 1. The van der Waals surface area contributed by atoms with Crippen LogP contribution in [0, 0.1) is 20.8 Å². The zero-order valence-electron chi connectivity index (χ0n) is 20.3. The molecule has 0 aliphatic heterocycles. The number of hydrogen-bond donors (Lipinski definition) is 1. The van der Waals surface area contributed by atoms with Gasteiger partial charge < -0.3 is 5.32 Å². The summed E-state index contributed by atoms with van der Waals surface area (Å²) in [5, 5.41) is 12.7. The van der Waals surface area contributed by atoms with Gasteiger partial charge in [0.05, 0.1) is 11.4 Å². The van der Waals surface area contributed by atoms with Crippen molar-refractivity contribution >= 4 is 35.0 Å². The van der Waals surface area contributed by atoms with Crippen LogP contribution >= 0.6 is 23.4 Å². The molecule has 1 N–H and O–H groups in total. The number of aryl methyl sites for hydroxylation is 3. The zero-order valence-corrected chi connectivity index (χ0v) is 21.9. The van der Waals surface area contributed by atoms with E-state index in [-0.39, 0.29) is 11.6 Å². The van der Waals surface area contributed by atoms with Gasteiger partial charge in [-0.1, -0.05) is 60.6 Å². The third-order valence-electron chi connectivity index (χ3n) is 5.51. The van der Waals surface area contributed by atoms with Gasteiger partial charge in [-0.15, -0.1) is 5.10 Å². The van der Waals surface area contributed by atoms with E-state index in [9.17, 15) is 4.79 Å². The normalized spacial score (nSPS) is 11.2. The number of anilines is 1. The van der Waals surface area contributed by atoms with E-state index in [1.165, 1.54) is 17.3 Å². The number of halogens is 1. The van der Waals surface area contributed by atoms with Crippen molar-refractivity contribution in [3.8, 4) is 5.69 Å². The average Bonchev–Trinajstić information content (AvgIpc) is 3.23. The van der Waals surface area contributed by atoms with Gasteiger partial charge >= 0.3 is 0 Å². The average molecular weight is 507 g/mol. The number of nitrogens with zero attached hydrogens (tertiary/aromatic N) is 5. The van der Waals surface area contributed by atoms with Crippen LogP contribution in [0.3, 0.4) is 0 Å². The highest BCUT2D eigenvalue weighted by atomic mass is 35.5. The monoisotopic (exact) mass is 506 g/mol. The van der Waals surface area contributed by atoms with Crippen molar-refractivity contribution in [3.63, 3.8) is 0 Å². The maximum Gasteiger partial charge on any atom is 0.278 e. The predicted octanol–water partition coefficient (Wildman–Crippen LogP) is 6.30. The Labute approximate surface area is 214 Å². The van der Waals surface area contributed by atoms with E-state index in [1.54, 1.807) is 4.68 Å². The Kier molecular flexibility index (Phi) is 7.52. The van der Waals surface area contributed by atoms with Crippen molar-refractivity contribution in [1.29, 1.82) is 0 Å². The summed E-state index contributed by atoms with van der Waals surface area (Å²) in [6.07, 6.45) is 0. The summed E-state index contributed by atoms with van der Waals surface area (Å²) in [7, 11) is 0. The van der Waals surface area contributed by atoms with Crippen molar-refractivity contribution in [2.24, 2.45) is 0 Å². The SMILES string of the molecule is Cc1cc(C)nc(SCc2c(C(=O)Nc3ccc(C(C)C)cc3)nnn2-c2ccc(C)c(Cl)c2)n1. The van der Waals surface area contributed by atoms with E-state index < -0.39 is 0 Å². The molecule has 9 heteroatoms. The van der Waals surface area contributed by atoms with Gasteiger partial charge in [-0.05, 0) is 68.1 Å². The van der Waals surface area contributed by atoms with Crippen LogP contribution in [0.25, 0.3) is 5.69 Å². The molecule has 7 nitrogen and oxygen atoms in total. The third-order valence-corrected chi connectivity index (χ3v) is 6.78. The molecule has 0 radical (unpaired) electrons. The molecule has 0 aliphatic rings. The summed E-state index contributed by atoms with van der Waals surface area (Å²) < 4.78 is 1.65. The number of rotatable bonds is 7. The summed E-state index contributed by atoms with van der Waals surface area (Å²) >= 11 is 7.80. The first-order valence-electron chi connectivity index (χ1n) is 11.3. The lowest BCUT2D eigenvalue weighted by molar-refractivity contribution is 0.102. The largest absolute Gasteiger partial charge is 0.321 e. The first-order valence-corrected chi connectivity index (χ1v) is 12.6. The fraction of sp³-hybridized carbons (Fsp3) is 0.269. The minimum absolute atomic E-state index is 0.242. The summed E-state index contributed by atoms with van der Waals surface area (Å²) in [6, 6.07) is 15.4. The van der Waals surface area contributed by atoms with Gasteiger partial charge in [0, 0.05) is 27.9 Å². The lowest BCUT2D eigenvalue weighted by Gasteiger charge is -2.10. The molecule has 1 amide bonds. The van der Waals surface area contributed by atoms with Crippen LogP contribution < -0.4 is 5.32 Å². The maximum atomic E-state index is 13.2. The lowest BCUT2D eigenvalue weighted by Crippen LogP contribution is -2.15. The van der Waals surface area contributed by atoms with E-state index in [0.29, 0.717) is 33.2 Å². The van der Waals surface area contributed by atoms with Gasteiger partial charge in [0.25, 0.3) is 5.91 Å². The number of benzene rings is 2. The Balaban J connectivity index is 1.66. The standard InChI is InChI=1S/C26H27ClN6OS/c1-15(2)19-7-9-20(10-8-19)30-25(34)24-23(14-35-26-28-17(4)12-18(5)29-26)33(32-31-24)21-11-6-16(3)22(27)13-21/h6-13,15H,14H2,1-5H3,(H,30,34). The van der Waals surface area contributed by atoms with Crippen molar-refractivity contribution in [2.75, 3.05) is 5.32 Å². The summed E-state index contributed by atoms with van der Waals surface area (Å²) in [6.45, 7) is 10.1. The second-order valence-corrected chi connectivity index (χ2v) is 10.0. The molecule has 2 aromatic carbocycles. The Morgan fingerprint density at radius 3 is 2.34 bits per heavy atom. The highest BCUT2D eigenvalue weighted by Gasteiger charge is 2.22. The molecule has 4 aromatic rings. The molecule has 0 saturated heterocycles. The molecular weight excluding hydrogens is 480 g/mol. The number of hydrogen-bond acceptors (Lipinski definition) is 6. The Hall–Kier alpha value is -3.23. The minimum Gasteiger partial charge on any atom is -0.321 e. The van der Waals surface area contributed by atoms with Crippen LogP contribution in [-0.2, 0) is 5.75 Å². The van der Waals surface area contributed by atoms with Crippen molar-refractivity contribution in [3.05, 3.63) is 87.5 Å². The Bertz CT molecular complexity index is 1350. The van der Waals surface area contributed by atoms with E-state index in [1.807, 2.05) is 69.3 Å². The van der Waals surface area contributed by atoms with E-state index in [2.05, 4.69) is 39.4 Å². The number of thioether (sulfide) groups is 1. The number of carbonyl (C=O) groups excluding carboxylic acids is 1. The second-order valence-electron chi connectivity index (χ2n) is 8.68. The Morgan fingerprint density at radius 1 is 1.03 bits per heavy atom. The molecular formula is C26H27ClN6OS. The van der Waals surface area contributed by atoms with Gasteiger partial charge in [-0.2, -0.15) is 0 Å². The van der Waals surface area contributed by atoms with Gasteiger partial charge in [0.1, 0.15) is 0 Å². The molecule has 2 aromatic heterocycles. The van der Waals surface area contributed by atoms with Gasteiger partial charge in [0.2, 0.25) is 0 Å². The first-order chi connectivity index (χ1) is 16.7. The van der Waals surface area contributed by atoms with Crippen LogP contribution in [0.15, 0.2) is 53.7 Å². The first kappa shape index (κ1) is 24.9. The van der Waals surface area contributed by atoms with Crippen LogP contribution in [-0.4, -0.2) is 30.9 Å². The van der Waals surface area contributed by atoms with Crippen molar-refractivity contribution in [1.82, 2.24) is 25.0 Å². The van der Waals surface area contributed by atoms with Crippen LogP contribution in [0.2, 0.25) is 5.02 Å². The summed E-state index contributed by atoms with van der Waals surface area (Å²) in [4.78, 5) is 22.3. The van der Waals surface area contributed by atoms with Gasteiger partial charge in [0.15, 0.2) is 10.9 Å². The molecule has 35 heavy (non-hydrogen) atoms. The maximum absolute atomic E-state index is 13.2. The highest BCUT2D eigenvalue weighted by Crippen LogP contribution is 2.26. The molecule has 0 saturated carbocycles. The topological polar surface area (TPSA) is 85.6 Å². The quantitative estimate of drug-likeness (QED) is 0.234. The summed E-state index contributed by atoms with van der Waals surface area (Å²) in [5.74, 6) is 0.483. The van der Waals surface area contributed by atoms with Crippen LogP contribution in [0.1, 0.15) is 58.5 Å². The molecule has 0 bridgehead atoms. The molecule has 0 aliphatic carbocycles. The van der Waals surface area contributed by atoms with Gasteiger partial charge in [-0.25, -0.2) is 14.6 Å². The summed E-state index contributed by atoms with van der Waals surface area (Å²) in [5.41, 5.74) is 6.24. The van der Waals surface area contributed by atoms with E-state index in [4.69, 9.17) is 11.6 Å². The molecule has 180 valence electrons. The van der Waals surface area contributed by atoms with E-state index in [0.717, 1.165) is 22.6 Å². The molecule has 0 unspecified atom stereocenters. The molecule has 4 rings (SSSR count). The lowest BCUT2D eigenvalue weighted by atomic mass is 10.0. The molecule has 0 spiro atoms. The van der Waals surface area contributed by atoms with E-state index >= 15 is 0 Å². The smallest absolute Gasteiger partial charge is 0.278 e. The zero-order chi connectivity index (χ0) is 25.1. The fourth-order valence-corrected chi connectivity index (χ4v) is 4.68. The second kappa shape index (κ2) is 10.6. The van der Waals surface area contributed by atoms with Gasteiger partial charge in [-0.3, -0.25) is 4.79 Å². The van der Waals surface area contributed by atoms with Crippen molar-refractivity contribution in [2.45, 2.75) is 51.4 Å². The molecule has 0 fully saturated rings.